The average molecular weight is 315 g/mol. The standard InChI is InChI=1S/C18H21NO4/c1-2-22-17-11-14(10-15(19)18(20)21)8-9-16(17)23-12-13-6-4-3-5-7-13/h3-9,11,15H,2,10,12,19H2,1H3,(H,20,21). The second-order valence-corrected chi connectivity index (χ2v) is 5.14. The van der Waals surface area contributed by atoms with Crippen molar-refractivity contribution in [2.45, 2.75) is 26.0 Å². The van der Waals surface area contributed by atoms with Crippen molar-refractivity contribution in [2.75, 3.05) is 6.61 Å². The van der Waals surface area contributed by atoms with Gasteiger partial charge in [-0.25, -0.2) is 0 Å². The summed E-state index contributed by atoms with van der Waals surface area (Å²) in [5, 5.41) is 8.90. The molecule has 0 saturated heterocycles. The van der Waals surface area contributed by atoms with Gasteiger partial charge in [0.05, 0.1) is 6.61 Å². The van der Waals surface area contributed by atoms with Gasteiger partial charge in [0.25, 0.3) is 0 Å². The van der Waals surface area contributed by atoms with Gasteiger partial charge < -0.3 is 20.3 Å². The van der Waals surface area contributed by atoms with Crippen LogP contribution in [0.3, 0.4) is 0 Å². The lowest BCUT2D eigenvalue weighted by molar-refractivity contribution is -0.138. The Morgan fingerprint density at radius 2 is 1.83 bits per heavy atom. The topological polar surface area (TPSA) is 81.8 Å². The number of hydrogen-bond acceptors (Lipinski definition) is 4. The summed E-state index contributed by atoms with van der Waals surface area (Å²) < 4.78 is 11.4. The summed E-state index contributed by atoms with van der Waals surface area (Å²) in [4.78, 5) is 10.9. The molecule has 0 spiro atoms. The summed E-state index contributed by atoms with van der Waals surface area (Å²) in [6, 6.07) is 14.3. The first kappa shape index (κ1) is 16.8. The van der Waals surface area contributed by atoms with Crippen LogP contribution in [0.5, 0.6) is 11.5 Å². The zero-order valence-corrected chi connectivity index (χ0v) is 13.1. The molecule has 0 aliphatic rings. The molecule has 2 aromatic carbocycles. The van der Waals surface area contributed by atoms with Crippen molar-refractivity contribution in [3.05, 3.63) is 59.7 Å². The molecule has 3 N–H and O–H groups in total. The van der Waals surface area contributed by atoms with Crippen molar-refractivity contribution in [1.82, 2.24) is 0 Å². The van der Waals surface area contributed by atoms with Crippen LogP contribution in [0, 0.1) is 0 Å². The molecule has 0 bridgehead atoms. The van der Waals surface area contributed by atoms with Gasteiger partial charge in [0, 0.05) is 0 Å². The summed E-state index contributed by atoms with van der Waals surface area (Å²) in [6.07, 6.45) is 0.244. The zero-order valence-electron chi connectivity index (χ0n) is 13.1. The number of hydrogen-bond donors (Lipinski definition) is 2. The second-order valence-electron chi connectivity index (χ2n) is 5.14. The third-order valence-electron chi connectivity index (χ3n) is 3.32. The molecule has 0 saturated carbocycles. The molecule has 0 aliphatic heterocycles. The van der Waals surface area contributed by atoms with Gasteiger partial charge in [-0.1, -0.05) is 36.4 Å². The van der Waals surface area contributed by atoms with Gasteiger partial charge in [0.15, 0.2) is 11.5 Å². The summed E-state index contributed by atoms with van der Waals surface area (Å²) in [5.41, 5.74) is 7.44. The lowest BCUT2D eigenvalue weighted by Gasteiger charge is -2.14. The monoisotopic (exact) mass is 315 g/mol. The van der Waals surface area contributed by atoms with E-state index in [0.717, 1.165) is 11.1 Å². The fourth-order valence-corrected chi connectivity index (χ4v) is 2.14. The van der Waals surface area contributed by atoms with E-state index in [4.69, 9.17) is 20.3 Å². The number of carboxylic acid groups (broad SMARTS) is 1. The summed E-state index contributed by atoms with van der Waals surface area (Å²) in [6.45, 7) is 2.82. The van der Waals surface area contributed by atoms with Crippen LogP contribution in [0.25, 0.3) is 0 Å². The van der Waals surface area contributed by atoms with Crippen LogP contribution in [-0.2, 0) is 17.8 Å². The van der Waals surface area contributed by atoms with E-state index >= 15 is 0 Å². The fraction of sp³-hybridized carbons (Fsp3) is 0.278. The molecule has 23 heavy (non-hydrogen) atoms. The van der Waals surface area contributed by atoms with Crippen molar-refractivity contribution in [1.29, 1.82) is 0 Å². The van der Waals surface area contributed by atoms with E-state index in [9.17, 15) is 4.79 Å². The van der Waals surface area contributed by atoms with Gasteiger partial charge in [0.1, 0.15) is 12.6 Å². The van der Waals surface area contributed by atoms with Gasteiger partial charge >= 0.3 is 5.97 Å². The number of carboxylic acids is 1. The molecule has 0 aromatic heterocycles. The Morgan fingerprint density at radius 3 is 2.48 bits per heavy atom. The predicted molar refractivity (Wildman–Crippen MR) is 87.7 cm³/mol. The fourth-order valence-electron chi connectivity index (χ4n) is 2.14. The number of benzene rings is 2. The van der Waals surface area contributed by atoms with Crippen molar-refractivity contribution in [3.8, 4) is 11.5 Å². The molecule has 2 rings (SSSR count). The lowest BCUT2D eigenvalue weighted by Crippen LogP contribution is -2.32. The lowest BCUT2D eigenvalue weighted by atomic mass is 10.1. The Bertz CT molecular complexity index is 643. The molecule has 5 heteroatoms. The molecular formula is C18H21NO4. The summed E-state index contributed by atoms with van der Waals surface area (Å²) >= 11 is 0. The normalized spacial score (nSPS) is 11.7. The Kier molecular flexibility index (Phi) is 6.00. The highest BCUT2D eigenvalue weighted by Gasteiger charge is 2.14. The number of nitrogens with two attached hydrogens (primary N) is 1. The minimum absolute atomic E-state index is 0.244. The molecule has 5 nitrogen and oxygen atoms in total. The third-order valence-corrected chi connectivity index (χ3v) is 3.32. The quantitative estimate of drug-likeness (QED) is 0.782. The number of rotatable bonds is 8. The van der Waals surface area contributed by atoms with Gasteiger partial charge in [-0.2, -0.15) is 0 Å². The van der Waals surface area contributed by atoms with Crippen LogP contribution >= 0.6 is 0 Å². The minimum atomic E-state index is -1.02. The first-order valence-electron chi connectivity index (χ1n) is 7.51. The van der Waals surface area contributed by atoms with Crippen LogP contribution in [-0.4, -0.2) is 23.7 Å². The van der Waals surface area contributed by atoms with Crippen LogP contribution in [0.1, 0.15) is 18.1 Å². The highest BCUT2D eigenvalue weighted by molar-refractivity contribution is 5.73. The summed E-state index contributed by atoms with van der Waals surface area (Å²) in [5.74, 6) is 0.203. The van der Waals surface area contributed by atoms with E-state index in [1.54, 1.807) is 12.1 Å². The van der Waals surface area contributed by atoms with E-state index in [2.05, 4.69) is 0 Å². The maximum atomic E-state index is 10.9. The highest BCUT2D eigenvalue weighted by Crippen LogP contribution is 2.29. The molecule has 1 atom stereocenters. The smallest absolute Gasteiger partial charge is 0.320 e. The highest BCUT2D eigenvalue weighted by atomic mass is 16.5. The number of carbonyl (C=O) groups is 1. The van der Waals surface area contributed by atoms with Gasteiger partial charge in [-0.15, -0.1) is 0 Å². The maximum Gasteiger partial charge on any atom is 0.320 e. The Balaban J connectivity index is 2.11. The molecule has 0 aliphatic carbocycles. The Hall–Kier alpha value is -2.53. The van der Waals surface area contributed by atoms with Crippen LogP contribution in [0.2, 0.25) is 0 Å². The second kappa shape index (κ2) is 8.19. The minimum Gasteiger partial charge on any atom is -0.490 e. The molecular weight excluding hydrogens is 294 g/mol. The largest absolute Gasteiger partial charge is 0.490 e. The summed E-state index contributed by atoms with van der Waals surface area (Å²) in [7, 11) is 0. The molecule has 1 unspecified atom stereocenters. The Labute approximate surface area is 135 Å². The zero-order chi connectivity index (χ0) is 16.7. The van der Waals surface area contributed by atoms with Crippen LogP contribution < -0.4 is 15.2 Å². The van der Waals surface area contributed by atoms with Crippen molar-refractivity contribution >= 4 is 5.97 Å². The van der Waals surface area contributed by atoms with Crippen LogP contribution in [0.15, 0.2) is 48.5 Å². The number of ether oxygens (including phenoxy) is 2. The van der Waals surface area contributed by atoms with Crippen molar-refractivity contribution in [3.63, 3.8) is 0 Å². The predicted octanol–water partition coefficient (Wildman–Crippen LogP) is 2.62. The van der Waals surface area contributed by atoms with E-state index in [1.807, 2.05) is 43.3 Å². The molecule has 0 amide bonds. The molecule has 2 aromatic rings. The Morgan fingerprint density at radius 1 is 1.09 bits per heavy atom. The van der Waals surface area contributed by atoms with Crippen LogP contribution in [0.4, 0.5) is 0 Å². The number of aliphatic carboxylic acids is 1. The third kappa shape index (κ3) is 5.00. The van der Waals surface area contributed by atoms with E-state index in [-0.39, 0.29) is 6.42 Å². The maximum absolute atomic E-state index is 10.9. The van der Waals surface area contributed by atoms with Gasteiger partial charge in [-0.3, -0.25) is 4.79 Å². The average Bonchev–Trinajstić information content (AvgIpc) is 2.55. The van der Waals surface area contributed by atoms with E-state index < -0.39 is 12.0 Å². The SMILES string of the molecule is CCOc1cc(CC(N)C(=O)O)ccc1OCc1ccccc1. The van der Waals surface area contributed by atoms with Gasteiger partial charge in [-0.05, 0) is 36.6 Å². The molecule has 0 radical (unpaired) electrons. The molecule has 0 fully saturated rings. The van der Waals surface area contributed by atoms with Crippen molar-refractivity contribution < 1.29 is 19.4 Å². The first-order valence-corrected chi connectivity index (χ1v) is 7.51. The molecule has 0 heterocycles. The van der Waals surface area contributed by atoms with E-state index in [1.165, 1.54) is 0 Å². The van der Waals surface area contributed by atoms with Gasteiger partial charge in [0.2, 0.25) is 0 Å². The molecule has 122 valence electrons. The first-order chi connectivity index (χ1) is 11.1. The van der Waals surface area contributed by atoms with E-state index in [0.29, 0.717) is 24.7 Å². The van der Waals surface area contributed by atoms with Crippen molar-refractivity contribution in [2.24, 2.45) is 5.73 Å².